The van der Waals surface area contributed by atoms with Crippen LogP contribution in [0, 0.1) is 0 Å². The van der Waals surface area contributed by atoms with Crippen LogP contribution in [-0.2, 0) is 12.6 Å². The highest BCUT2D eigenvalue weighted by atomic mass is 19.4. The number of alkyl halides is 3. The van der Waals surface area contributed by atoms with Crippen LogP contribution in [0.4, 0.5) is 13.2 Å². The molecule has 0 atom stereocenters. The molecule has 0 saturated carbocycles. The molecule has 0 radical (unpaired) electrons. The Labute approximate surface area is 88.4 Å². The van der Waals surface area contributed by atoms with Crippen molar-refractivity contribution < 1.29 is 13.2 Å². The van der Waals surface area contributed by atoms with Crippen molar-refractivity contribution in [3.63, 3.8) is 0 Å². The van der Waals surface area contributed by atoms with Gasteiger partial charge in [0, 0.05) is 0 Å². The summed E-state index contributed by atoms with van der Waals surface area (Å²) in [6, 6.07) is 5.32. The predicted octanol–water partition coefficient (Wildman–Crippen LogP) is 4.46. The van der Waals surface area contributed by atoms with Crippen molar-refractivity contribution in [3.05, 3.63) is 47.5 Å². The Morgan fingerprint density at radius 1 is 1.33 bits per heavy atom. The summed E-state index contributed by atoms with van der Waals surface area (Å²) in [5.74, 6) is 0. The summed E-state index contributed by atoms with van der Waals surface area (Å²) >= 11 is 0. The average molecular weight is 216 g/mol. The Morgan fingerprint density at radius 3 is 2.40 bits per heavy atom. The van der Waals surface area contributed by atoms with Gasteiger partial charge < -0.3 is 0 Å². The fourth-order valence-corrected chi connectivity index (χ4v) is 1.21. The van der Waals surface area contributed by atoms with Gasteiger partial charge in [0.05, 0.1) is 5.56 Å². The maximum absolute atomic E-state index is 12.3. The first-order valence-electron chi connectivity index (χ1n) is 4.20. The normalized spacial score (nSPS) is 10.7. The molecule has 0 amide bonds. The molecule has 1 rings (SSSR count). The van der Waals surface area contributed by atoms with Crippen LogP contribution in [-0.4, -0.2) is 0 Å². The van der Waals surface area contributed by atoms with Gasteiger partial charge in [0.2, 0.25) is 0 Å². The zero-order valence-electron chi connectivity index (χ0n) is 7.86. The third kappa shape index (κ3) is 4.19. The first-order valence-corrected chi connectivity index (χ1v) is 4.20. The Balaban J connectivity index is 0.00000196. The number of rotatable bonds is 2. The van der Waals surface area contributed by atoms with Gasteiger partial charge in [-0.1, -0.05) is 37.8 Å². The fraction of sp³-hybridized carbons (Fsp3) is 0.333. The van der Waals surface area contributed by atoms with Crippen molar-refractivity contribution in [2.24, 2.45) is 0 Å². The van der Waals surface area contributed by atoms with E-state index in [1.165, 1.54) is 6.07 Å². The third-order valence-corrected chi connectivity index (χ3v) is 1.76. The van der Waals surface area contributed by atoms with Crippen LogP contribution in [0.2, 0.25) is 0 Å². The zero-order chi connectivity index (χ0) is 10.8. The van der Waals surface area contributed by atoms with E-state index in [0.29, 0.717) is 12.0 Å². The van der Waals surface area contributed by atoms with Gasteiger partial charge in [-0.05, 0) is 25.0 Å². The van der Waals surface area contributed by atoms with Crippen LogP contribution in [0.3, 0.4) is 0 Å². The largest absolute Gasteiger partial charge is 0.416 e. The van der Waals surface area contributed by atoms with Crippen molar-refractivity contribution >= 4 is 0 Å². The van der Waals surface area contributed by atoms with Gasteiger partial charge in [0.25, 0.3) is 0 Å². The summed E-state index contributed by atoms with van der Waals surface area (Å²) < 4.78 is 36.8. The highest BCUT2D eigenvalue weighted by molar-refractivity contribution is 5.28. The van der Waals surface area contributed by atoms with Crippen molar-refractivity contribution in [1.82, 2.24) is 0 Å². The van der Waals surface area contributed by atoms with Gasteiger partial charge in [-0.3, -0.25) is 0 Å². The highest BCUT2D eigenvalue weighted by Crippen LogP contribution is 2.29. The minimum Gasteiger partial charge on any atom is -0.166 e. The molecule has 0 bridgehead atoms. The predicted molar refractivity (Wildman–Crippen MR) is 56.7 cm³/mol. The number of hydrogen-bond donors (Lipinski definition) is 0. The van der Waals surface area contributed by atoms with E-state index < -0.39 is 11.7 Å². The molecular weight excluding hydrogens is 201 g/mol. The number of hydrogen-bond acceptors (Lipinski definition) is 0. The van der Waals surface area contributed by atoms with Crippen molar-refractivity contribution in [3.8, 4) is 0 Å². The molecule has 0 aromatic heterocycles. The molecule has 3 heteroatoms. The van der Waals surface area contributed by atoms with Crippen LogP contribution in [0.15, 0.2) is 36.4 Å². The lowest BCUT2D eigenvalue weighted by molar-refractivity contribution is -0.137. The molecule has 1 aromatic carbocycles. The molecule has 84 valence electrons. The van der Waals surface area contributed by atoms with Gasteiger partial charge in [0.1, 0.15) is 0 Å². The van der Waals surface area contributed by atoms with Gasteiger partial charge in [-0.25, -0.2) is 0 Å². The molecule has 0 spiro atoms. The molecule has 0 fully saturated rings. The lowest BCUT2D eigenvalue weighted by Crippen LogP contribution is -2.05. The van der Waals surface area contributed by atoms with E-state index in [1.807, 2.05) is 0 Å². The standard InChI is InChI=1S/C11H11F3.CH4/c1-8(2)6-9-4-3-5-10(7-9)11(12,13)14;/h3-5,7H,1,6H2,2H3;1H4. The quantitative estimate of drug-likeness (QED) is 0.640. The van der Waals surface area contributed by atoms with E-state index in [4.69, 9.17) is 0 Å². The van der Waals surface area contributed by atoms with Crippen molar-refractivity contribution in [1.29, 1.82) is 0 Å². The van der Waals surface area contributed by atoms with Gasteiger partial charge >= 0.3 is 6.18 Å². The average Bonchev–Trinajstić information content (AvgIpc) is 2.01. The van der Waals surface area contributed by atoms with E-state index in [-0.39, 0.29) is 7.43 Å². The minimum absolute atomic E-state index is 0. The maximum Gasteiger partial charge on any atom is 0.416 e. The SMILES string of the molecule is C.C=C(C)Cc1cccc(C(F)(F)F)c1. The fourth-order valence-electron chi connectivity index (χ4n) is 1.21. The summed E-state index contributed by atoms with van der Waals surface area (Å²) in [6.07, 6.45) is -3.77. The van der Waals surface area contributed by atoms with E-state index in [2.05, 4.69) is 6.58 Å². The van der Waals surface area contributed by atoms with Crippen molar-refractivity contribution in [2.75, 3.05) is 0 Å². The Bertz CT molecular complexity index is 337. The molecule has 0 aliphatic carbocycles. The molecular formula is C12H15F3. The molecule has 0 aliphatic heterocycles. The Morgan fingerprint density at radius 2 is 1.93 bits per heavy atom. The van der Waals surface area contributed by atoms with E-state index in [0.717, 1.165) is 17.7 Å². The van der Waals surface area contributed by atoms with Crippen LogP contribution < -0.4 is 0 Å². The minimum atomic E-state index is -4.26. The summed E-state index contributed by atoms with van der Waals surface area (Å²) in [7, 11) is 0. The lowest BCUT2D eigenvalue weighted by Gasteiger charge is -2.08. The van der Waals surface area contributed by atoms with E-state index in [9.17, 15) is 13.2 Å². The Hall–Kier alpha value is -1.25. The summed E-state index contributed by atoms with van der Waals surface area (Å²) in [5, 5.41) is 0. The molecule has 0 unspecified atom stereocenters. The Kier molecular flexibility index (Phi) is 4.59. The second-order valence-corrected chi connectivity index (χ2v) is 3.33. The van der Waals surface area contributed by atoms with Crippen LogP contribution in [0.5, 0.6) is 0 Å². The van der Waals surface area contributed by atoms with E-state index in [1.54, 1.807) is 13.0 Å². The number of halogens is 3. The lowest BCUT2D eigenvalue weighted by atomic mass is 10.0. The smallest absolute Gasteiger partial charge is 0.166 e. The van der Waals surface area contributed by atoms with Gasteiger partial charge in [0.15, 0.2) is 0 Å². The number of benzene rings is 1. The molecule has 1 aromatic rings. The summed E-state index contributed by atoms with van der Waals surface area (Å²) in [4.78, 5) is 0. The monoisotopic (exact) mass is 216 g/mol. The maximum atomic E-state index is 12.3. The first kappa shape index (κ1) is 13.8. The second-order valence-electron chi connectivity index (χ2n) is 3.33. The van der Waals surface area contributed by atoms with E-state index >= 15 is 0 Å². The molecule has 0 nitrogen and oxygen atoms in total. The molecule has 15 heavy (non-hydrogen) atoms. The molecule has 0 N–H and O–H groups in total. The van der Waals surface area contributed by atoms with Crippen LogP contribution in [0.1, 0.15) is 25.5 Å². The van der Waals surface area contributed by atoms with Crippen LogP contribution >= 0.6 is 0 Å². The summed E-state index contributed by atoms with van der Waals surface area (Å²) in [6.45, 7) is 5.45. The first-order chi connectivity index (χ1) is 6.39. The summed E-state index contributed by atoms with van der Waals surface area (Å²) in [5.41, 5.74) is 0.896. The third-order valence-electron chi connectivity index (χ3n) is 1.76. The molecule has 0 aliphatic rings. The highest BCUT2D eigenvalue weighted by Gasteiger charge is 2.30. The van der Waals surface area contributed by atoms with Crippen molar-refractivity contribution in [2.45, 2.75) is 26.9 Å². The topological polar surface area (TPSA) is 0 Å². The van der Waals surface area contributed by atoms with Gasteiger partial charge in [-0.15, -0.1) is 0 Å². The number of allylic oxidation sites excluding steroid dienone is 1. The van der Waals surface area contributed by atoms with Gasteiger partial charge in [-0.2, -0.15) is 13.2 Å². The van der Waals surface area contributed by atoms with Crippen LogP contribution in [0.25, 0.3) is 0 Å². The molecule has 0 heterocycles. The second kappa shape index (κ2) is 5.01. The zero-order valence-corrected chi connectivity index (χ0v) is 7.86. The molecule has 0 saturated heterocycles.